The number of rotatable bonds is 2. The molecule has 0 N–H and O–H groups in total. The van der Waals surface area contributed by atoms with E-state index in [1.807, 2.05) is 32.1 Å². The first kappa shape index (κ1) is 21.3. The highest BCUT2D eigenvalue weighted by atomic mass is 32.1. The monoisotopic (exact) mass is 445 g/mol. The molecule has 0 radical (unpaired) electrons. The van der Waals surface area contributed by atoms with E-state index in [1.165, 1.54) is 68.1 Å². The van der Waals surface area contributed by atoms with Gasteiger partial charge in [0.1, 0.15) is 5.60 Å². The van der Waals surface area contributed by atoms with Gasteiger partial charge < -0.3 is 9.64 Å². The lowest BCUT2D eigenvalue weighted by Gasteiger charge is -2.29. The predicted octanol–water partition coefficient (Wildman–Crippen LogP) is 8.04. The van der Waals surface area contributed by atoms with Crippen molar-refractivity contribution in [1.29, 1.82) is 0 Å². The average molecular weight is 446 g/mol. The van der Waals surface area contributed by atoms with Crippen LogP contribution in [-0.4, -0.2) is 29.7 Å². The molecular formula is C28H31NO2S. The van der Waals surface area contributed by atoms with Crippen LogP contribution in [0.4, 0.5) is 4.79 Å². The van der Waals surface area contributed by atoms with Gasteiger partial charge in [0.2, 0.25) is 0 Å². The maximum absolute atomic E-state index is 12.4. The van der Waals surface area contributed by atoms with Gasteiger partial charge in [0, 0.05) is 33.3 Å². The largest absolute Gasteiger partial charge is 0.444 e. The van der Waals surface area contributed by atoms with Crippen LogP contribution in [0, 0.1) is 0 Å². The van der Waals surface area contributed by atoms with Gasteiger partial charge in [0.05, 0.1) is 0 Å². The first-order chi connectivity index (χ1) is 15.4. The molecule has 1 amide bonds. The van der Waals surface area contributed by atoms with E-state index in [2.05, 4.69) is 48.6 Å². The summed E-state index contributed by atoms with van der Waals surface area (Å²) in [4.78, 5) is 14.2. The van der Waals surface area contributed by atoms with Crippen LogP contribution >= 0.6 is 11.3 Å². The summed E-state index contributed by atoms with van der Waals surface area (Å²) in [7, 11) is 0. The van der Waals surface area contributed by atoms with Crippen molar-refractivity contribution in [3.63, 3.8) is 0 Å². The first-order valence-corrected chi connectivity index (χ1v) is 12.5. The lowest BCUT2D eigenvalue weighted by molar-refractivity contribution is 0.0270. The quantitative estimate of drug-likeness (QED) is 0.399. The number of carbonyl (C=O) groups excluding carboxylic acids is 1. The van der Waals surface area contributed by atoms with Crippen LogP contribution in [0.2, 0.25) is 0 Å². The SMILES string of the molecule is CC(C)(C)OC(=O)N1CC=C(c2ccc3sc4ccc(C5=CCCCC5)cc4c3c2)CC1. The number of ether oxygens (including phenoxy) is 1. The minimum absolute atomic E-state index is 0.225. The lowest BCUT2D eigenvalue weighted by Crippen LogP contribution is -2.39. The molecule has 0 saturated carbocycles. The Hall–Kier alpha value is -2.59. The van der Waals surface area contributed by atoms with Crippen molar-refractivity contribution < 1.29 is 9.53 Å². The molecule has 1 aliphatic carbocycles. The molecule has 2 heterocycles. The maximum Gasteiger partial charge on any atom is 0.410 e. The number of thiophene rings is 1. The van der Waals surface area contributed by atoms with Crippen LogP contribution in [0.15, 0.2) is 48.6 Å². The Labute approximate surface area is 194 Å². The molecule has 0 atom stereocenters. The average Bonchev–Trinajstić information content (AvgIpc) is 3.16. The molecule has 0 bridgehead atoms. The third-order valence-corrected chi connectivity index (χ3v) is 7.51. The Morgan fingerprint density at radius 1 is 0.906 bits per heavy atom. The van der Waals surface area contributed by atoms with Crippen molar-refractivity contribution in [2.24, 2.45) is 0 Å². The summed E-state index contributed by atoms with van der Waals surface area (Å²) in [6, 6.07) is 13.8. The van der Waals surface area contributed by atoms with E-state index >= 15 is 0 Å². The molecule has 5 rings (SSSR count). The van der Waals surface area contributed by atoms with Gasteiger partial charge in [0.15, 0.2) is 0 Å². The minimum Gasteiger partial charge on any atom is -0.444 e. The van der Waals surface area contributed by atoms with Crippen LogP contribution in [0.3, 0.4) is 0 Å². The molecule has 2 aliphatic rings. The highest BCUT2D eigenvalue weighted by Gasteiger charge is 2.24. The molecule has 1 aliphatic heterocycles. The fraction of sp³-hybridized carbons (Fsp3) is 0.393. The lowest BCUT2D eigenvalue weighted by atomic mass is 9.92. The second-order valence-electron chi connectivity index (χ2n) is 9.90. The number of fused-ring (bicyclic) bond motifs is 3. The van der Waals surface area contributed by atoms with Gasteiger partial charge in [-0.25, -0.2) is 4.79 Å². The molecule has 2 aromatic carbocycles. The van der Waals surface area contributed by atoms with Crippen LogP contribution in [0.25, 0.3) is 31.3 Å². The van der Waals surface area contributed by atoms with Gasteiger partial charge in [0.25, 0.3) is 0 Å². The van der Waals surface area contributed by atoms with E-state index in [0.29, 0.717) is 13.1 Å². The Morgan fingerprint density at radius 2 is 1.56 bits per heavy atom. The molecule has 0 spiro atoms. The van der Waals surface area contributed by atoms with Gasteiger partial charge in [-0.1, -0.05) is 24.3 Å². The molecule has 166 valence electrons. The zero-order valence-electron chi connectivity index (χ0n) is 19.2. The van der Waals surface area contributed by atoms with E-state index < -0.39 is 5.60 Å². The van der Waals surface area contributed by atoms with Crippen molar-refractivity contribution in [3.05, 3.63) is 59.7 Å². The van der Waals surface area contributed by atoms with E-state index in [1.54, 1.807) is 4.90 Å². The minimum atomic E-state index is -0.460. The zero-order chi connectivity index (χ0) is 22.3. The van der Waals surface area contributed by atoms with Gasteiger partial charge in [-0.2, -0.15) is 0 Å². The number of benzene rings is 2. The summed E-state index contributed by atoms with van der Waals surface area (Å²) in [5.41, 5.74) is 5.01. The third-order valence-electron chi connectivity index (χ3n) is 6.36. The van der Waals surface area contributed by atoms with E-state index in [9.17, 15) is 4.79 Å². The second kappa shape index (κ2) is 8.40. The topological polar surface area (TPSA) is 29.5 Å². The van der Waals surface area contributed by atoms with Crippen molar-refractivity contribution in [3.8, 4) is 0 Å². The van der Waals surface area contributed by atoms with Crippen LogP contribution in [0.5, 0.6) is 0 Å². The normalized spacial score (nSPS) is 17.4. The van der Waals surface area contributed by atoms with Crippen LogP contribution < -0.4 is 0 Å². The van der Waals surface area contributed by atoms with Crippen molar-refractivity contribution in [2.45, 2.75) is 58.5 Å². The Bertz CT molecular complexity index is 1240. The van der Waals surface area contributed by atoms with E-state index in [-0.39, 0.29) is 6.09 Å². The van der Waals surface area contributed by atoms with E-state index in [0.717, 1.165) is 6.42 Å². The number of hydrogen-bond donors (Lipinski definition) is 0. The molecule has 1 aromatic heterocycles. The number of hydrogen-bond acceptors (Lipinski definition) is 3. The summed E-state index contributed by atoms with van der Waals surface area (Å²) in [6.45, 7) is 7.03. The predicted molar refractivity (Wildman–Crippen MR) is 136 cm³/mol. The molecule has 32 heavy (non-hydrogen) atoms. The fourth-order valence-electron chi connectivity index (χ4n) is 4.70. The van der Waals surface area contributed by atoms with Gasteiger partial charge in [-0.3, -0.25) is 0 Å². The van der Waals surface area contributed by atoms with Gasteiger partial charge in [-0.15, -0.1) is 11.3 Å². The summed E-state index contributed by atoms with van der Waals surface area (Å²) >= 11 is 1.87. The fourth-order valence-corrected chi connectivity index (χ4v) is 5.77. The molecular weight excluding hydrogens is 414 g/mol. The summed E-state index contributed by atoms with van der Waals surface area (Å²) in [5, 5.41) is 2.71. The molecule has 0 fully saturated rings. The molecule has 3 nitrogen and oxygen atoms in total. The standard InChI is InChI=1S/C28H31NO2S/c1-28(2,3)31-27(30)29-15-13-20(14-16-29)22-10-12-26-24(18-22)23-17-21(9-11-25(23)32-26)19-7-5-4-6-8-19/h7,9-13,17-18H,4-6,8,14-16H2,1-3H3. The number of nitrogens with zero attached hydrogens (tertiary/aromatic N) is 1. The first-order valence-electron chi connectivity index (χ1n) is 11.7. The van der Waals surface area contributed by atoms with Crippen molar-refractivity contribution >= 4 is 48.7 Å². The summed E-state index contributed by atoms with van der Waals surface area (Å²) in [5.74, 6) is 0. The van der Waals surface area contributed by atoms with Gasteiger partial charge in [-0.05, 0) is 99.4 Å². The number of amides is 1. The Kier molecular flexibility index (Phi) is 5.58. The molecule has 0 saturated heterocycles. The maximum atomic E-state index is 12.4. The molecule has 4 heteroatoms. The highest BCUT2D eigenvalue weighted by molar-refractivity contribution is 7.25. The smallest absolute Gasteiger partial charge is 0.410 e. The second-order valence-corrected chi connectivity index (χ2v) is 11.0. The van der Waals surface area contributed by atoms with Crippen molar-refractivity contribution in [2.75, 3.05) is 13.1 Å². The van der Waals surface area contributed by atoms with E-state index in [4.69, 9.17) is 4.74 Å². The van der Waals surface area contributed by atoms with Gasteiger partial charge >= 0.3 is 6.09 Å². The Morgan fingerprint density at radius 3 is 2.09 bits per heavy atom. The zero-order valence-corrected chi connectivity index (χ0v) is 20.1. The van der Waals surface area contributed by atoms with Crippen LogP contribution in [-0.2, 0) is 4.74 Å². The third kappa shape index (κ3) is 4.33. The highest BCUT2D eigenvalue weighted by Crippen LogP contribution is 2.38. The summed E-state index contributed by atoms with van der Waals surface area (Å²) in [6.07, 6.45) is 10.2. The number of allylic oxidation sites excluding steroid dienone is 2. The summed E-state index contributed by atoms with van der Waals surface area (Å²) < 4.78 is 8.22. The molecule has 0 unspecified atom stereocenters. The van der Waals surface area contributed by atoms with Crippen molar-refractivity contribution in [1.82, 2.24) is 4.90 Å². The number of carbonyl (C=O) groups is 1. The molecule has 3 aromatic rings. The van der Waals surface area contributed by atoms with Crippen LogP contribution in [0.1, 0.15) is 64.0 Å². The Balaban J connectivity index is 1.43.